The summed E-state index contributed by atoms with van der Waals surface area (Å²) in [6, 6.07) is 6.55. The summed E-state index contributed by atoms with van der Waals surface area (Å²) in [6.45, 7) is 2.00. The summed E-state index contributed by atoms with van der Waals surface area (Å²) in [4.78, 5) is 22.4. The standard InChI is InChI=1S/C18H20N8.CH3NO2/c1-11-20-14-9-13(7-8-16(14)25(11)2)26-17-15(23-24-26)10-19-18(22-17)21-12-5-3-4-6-12;2-1(3)4/h7-10,12H,3-6H2,1-2H3,(H,19,21,22);2H2,(H,3,4). The summed E-state index contributed by atoms with van der Waals surface area (Å²) in [5.41, 5.74) is 8.33. The largest absolute Gasteiger partial charge is 0.465 e. The van der Waals surface area contributed by atoms with Crippen molar-refractivity contribution in [1.82, 2.24) is 34.5 Å². The van der Waals surface area contributed by atoms with Crippen molar-refractivity contribution in [3.8, 4) is 5.69 Å². The third-order valence-electron chi connectivity index (χ3n) is 5.21. The molecule has 0 bridgehead atoms. The van der Waals surface area contributed by atoms with E-state index < -0.39 is 6.09 Å². The number of aromatic nitrogens is 7. The van der Waals surface area contributed by atoms with Gasteiger partial charge < -0.3 is 20.7 Å². The van der Waals surface area contributed by atoms with Gasteiger partial charge in [0.25, 0.3) is 0 Å². The van der Waals surface area contributed by atoms with E-state index in [1.807, 2.05) is 26.1 Å². The number of amides is 1. The van der Waals surface area contributed by atoms with Gasteiger partial charge in [0.1, 0.15) is 5.82 Å². The molecular weight excluding hydrogens is 386 g/mol. The molecule has 0 aliphatic heterocycles. The van der Waals surface area contributed by atoms with Gasteiger partial charge in [-0.2, -0.15) is 9.67 Å². The van der Waals surface area contributed by atoms with E-state index in [1.165, 1.54) is 25.7 Å². The average Bonchev–Trinajstić information content (AvgIpc) is 3.41. The average molecular weight is 409 g/mol. The first-order valence-corrected chi connectivity index (χ1v) is 9.69. The minimum Gasteiger partial charge on any atom is -0.465 e. The molecular formula is C19H23N9O2. The van der Waals surface area contributed by atoms with Crippen molar-refractivity contribution in [2.45, 2.75) is 38.6 Å². The lowest BCUT2D eigenvalue weighted by Gasteiger charge is -2.11. The van der Waals surface area contributed by atoms with E-state index in [9.17, 15) is 0 Å². The van der Waals surface area contributed by atoms with Crippen molar-refractivity contribution in [3.05, 3.63) is 30.2 Å². The molecule has 5 rings (SSSR count). The van der Waals surface area contributed by atoms with E-state index >= 15 is 0 Å². The van der Waals surface area contributed by atoms with Crippen molar-refractivity contribution in [2.75, 3.05) is 5.32 Å². The maximum Gasteiger partial charge on any atom is 0.402 e. The molecule has 1 aromatic carbocycles. The topological polar surface area (TPSA) is 150 Å². The number of rotatable bonds is 3. The minimum atomic E-state index is -1.33. The highest BCUT2D eigenvalue weighted by atomic mass is 16.4. The molecule has 11 heteroatoms. The fourth-order valence-electron chi connectivity index (χ4n) is 3.66. The predicted octanol–water partition coefficient (Wildman–Crippen LogP) is 2.38. The highest BCUT2D eigenvalue weighted by Gasteiger charge is 2.17. The highest BCUT2D eigenvalue weighted by molar-refractivity contribution is 5.80. The fraction of sp³-hybridized carbons (Fsp3) is 0.368. The van der Waals surface area contributed by atoms with Crippen LogP contribution in [0, 0.1) is 6.92 Å². The summed E-state index contributed by atoms with van der Waals surface area (Å²) in [5, 5.41) is 19.1. The molecule has 1 aliphatic rings. The van der Waals surface area contributed by atoms with Crippen LogP contribution < -0.4 is 11.1 Å². The van der Waals surface area contributed by atoms with Gasteiger partial charge in [0.2, 0.25) is 5.95 Å². The van der Waals surface area contributed by atoms with E-state index in [0.717, 1.165) is 22.5 Å². The first kappa shape index (κ1) is 19.6. The van der Waals surface area contributed by atoms with E-state index in [0.29, 0.717) is 23.2 Å². The lowest BCUT2D eigenvalue weighted by atomic mass is 10.2. The molecule has 0 atom stereocenters. The number of hydrogen-bond donors (Lipinski definition) is 3. The molecule has 0 saturated heterocycles. The molecule has 4 N–H and O–H groups in total. The number of nitrogens with zero attached hydrogens (tertiary/aromatic N) is 7. The minimum absolute atomic E-state index is 0.463. The number of hydrogen-bond acceptors (Lipinski definition) is 7. The Hall–Kier alpha value is -3.76. The van der Waals surface area contributed by atoms with Crippen molar-refractivity contribution < 1.29 is 9.90 Å². The molecule has 0 radical (unpaired) electrons. The Balaban J connectivity index is 0.000000503. The molecule has 156 valence electrons. The van der Waals surface area contributed by atoms with Crippen LogP contribution in [0.4, 0.5) is 10.7 Å². The summed E-state index contributed by atoms with van der Waals surface area (Å²) in [6.07, 6.45) is 5.28. The van der Waals surface area contributed by atoms with Crippen LogP contribution in [0.1, 0.15) is 31.5 Å². The Morgan fingerprint density at radius 1 is 1.23 bits per heavy atom. The molecule has 1 amide bonds. The van der Waals surface area contributed by atoms with Gasteiger partial charge in [0.05, 0.1) is 22.9 Å². The molecule has 0 unspecified atom stereocenters. The molecule has 3 aromatic heterocycles. The molecule has 1 fully saturated rings. The van der Waals surface area contributed by atoms with Crippen LogP contribution in [-0.4, -0.2) is 51.8 Å². The van der Waals surface area contributed by atoms with Gasteiger partial charge >= 0.3 is 6.09 Å². The van der Waals surface area contributed by atoms with Crippen LogP contribution in [0.3, 0.4) is 0 Å². The van der Waals surface area contributed by atoms with Crippen LogP contribution in [0.2, 0.25) is 0 Å². The number of nitrogens with two attached hydrogens (primary N) is 1. The van der Waals surface area contributed by atoms with Crippen molar-refractivity contribution in [2.24, 2.45) is 12.8 Å². The number of benzene rings is 1. The maximum atomic E-state index is 8.78. The monoisotopic (exact) mass is 409 g/mol. The number of primary amides is 1. The van der Waals surface area contributed by atoms with Gasteiger partial charge in [-0.05, 0) is 38.0 Å². The Morgan fingerprint density at radius 2 is 1.97 bits per heavy atom. The molecule has 1 saturated carbocycles. The van der Waals surface area contributed by atoms with Crippen molar-refractivity contribution in [3.63, 3.8) is 0 Å². The number of fused-ring (bicyclic) bond motifs is 2. The Kier molecular flexibility index (Phi) is 5.17. The summed E-state index contributed by atoms with van der Waals surface area (Å²) in [7, 11) is 2.02. The quantitative estimate of drug-likeness (QED) is 0.467. The molecule has 4 aromatic rings. The second-order valence-electron chi connectivity index (χ2n) is 7.26. The lowest BCUT2D eigenvalue weighted by molar-refractivity contribution is 0.205. The van der Waals surface area contributed by atoms with Gasteiger partial charge in [-0.3, -0.25) is 0 Å². The van der Waals surface area contributed by atoms with Gasteiger partial charge in [0.15, 0.2) is 11.2 Å². The summed E-state index contributed by atoms with van der Waals surface area (Å²) < 4.78 is 3.82. The van der Waals surface area contributed by atoms with Gasteiger partial charge in [-0.1, -0.05) is 18.1 Å². The summed E-state index contributed by atoms with van der Waals surface area (Å²) in [5.74, 6) is 1.62. The first-order chi connectivity index (χ1) is 14.4. The smallest absolute Gasteiger partial charge is 0.402 e. The summed E-state index contributed by atoms with van der Waals surface area (Å²) >= 11 is 0. The normalized spacial score (nSPS) is 14.1. The van der Waals surface area contributed by atoms with Crippen LogP contribution in [-0.2, 0) is 7.05 Å². The Bertz CT molecular complexity index is 1200. The van der Waals surface area contributed by atoms with Gasteiger partial charge in [-0.15, -0.1) is 5.10 Å². The number of anilines is 1. The van der Waals surface area contributed by atoms with Crippen LogP contribution in [0.25, 0.3) is 27.9 Å². The fourth-order valence-corrected chi connectivity index (χ4v) is 3.66. The number of aryl methyl sites for hydroxylation is 2. The molecule has 0 spiro atoms. The van der Waals surface area contributed by atoms with E-state index in [1.54, 1.807) is 10.9 Å². The Labute approximate surface area is 171 Å². The van der Waals surface area contributed by atoms with E-state index in [2.05, 4.69) is 46.9 Å². The third kappa shape index (κ3) is 3.86. The zero-order valence-electron chi connectivity index (χ0n) is 16.8. The van der Waals surface area contributed by atoms with Crippen molar-refractivity contribution in [1.29, 1.82) is 0 Å². The first-order valence-electron chi connectivity index (χ1n) is 9.69. The number of carboxylic acid groups (broad SMARTS) is 1. The van der Waals surface area contributed by atoms with Crippen LogP contribution >= 0.6 is 0 Å². The number of nitrogens with one attached hydrogen (secondary N) is 1. The predicted molar refractivity (Wildman–Crippen MR) is 112 cm³/mol. The van der Waals surface area contributed by atoms with Crippen LogP contribution in [0.15, 0.2) is 24.4 Å². The van der Waals surface area contributed by atoms with Crippen LogP contribution in [0.5, 0.6) is 0 Å². The molecule has 11 nitrogen and oxygen atoms in total. The molecule has 1 aliphatic carbocycles. The second kappa shape index (κ2) is 7.93. The maximum absolute atomic E-state index is 8.78. The SMILES string of the molecule is Cc1nc2cc(-n3nnc4cnc(NC5CCCC5)nc43)ccc2n1C.NC(=O)O. The van der Waals surface area contributed by atoms with Crippen molar-refractivity contribution >= 4 is 34.2 Å². The number of carbonyl (C=O) groups is 1. The molecule has 3 heterocycles. The number of imidazole rings is 1. The van der Waals surface area contributed by atoms with Gasteiger partial charge in [0, 0.05) is 13.1 Å². The second-order valence-corrected chi connectivity index (χ2v) is 7.26. The zero-order valence-corrected chi connectivity index (χ0v) is 16.8. The van der Waals surface area contributed by atoms with Gasteiger partial charge in [-0.25, -0.2) is 14.8 Å². The zero-order chi connectivity index (χ0) is 21.3. The van der Waals surface area contributed by atoms with E-state index in [4.69, 9.17) is 9.90 Å². The lowest BCUT2D eigenvalue weighted by Crippen LogP contribution is -2.16. The molecule has 30 heavy (non-hydrogen) atoms. The Morgan fingerprint density at radius 3 is 2.70 bits per heavy atom. The highest BCUT2D eigenvalue weighted by Crippen LogP contribution is 2.23. The van der Waals surface area contributed by atoms with E-state index in [-0.39, 0.29) is 0 Å². The third-order valence-corrected chi connectivity index (χ3v) is 5.21.